The fraction of sp³-hybridized carbons (Fsp3) is 0.571. The molecule has 0 heterocycles. The van der Waals surface area contributed by atoms with Crippen LogP contribution in [-0.2, 0) is 0 Å². The van der Waals surface area contributed by atoms with Gasteiger partial charge in [-0.1, -0.05) is 25.1 Å². The number of hydrogen-bond donors (Lipinski definition) is 2. The first kappa shape index (κ1) is 14.0. The predicted molar refractivity (Wildman–Crippen MR) is 70.3 cm³/mol. The lowest BCUT2D eigenvalue weighted by Crippen LogP contribution is -2.44. The van der Waals surface area contributed by atoms with Crippen molar-refractivity contribution in [2.24, 2.45) is 0 Å². The highest BCUT2D eigenvalue weighted by atomic mass is 16.5. The second-order valence-corrected chi connectivity index (χ2v) is 4.90. The first-order valence-electron chi connectivity index (χ1n) is 6.14. The van der Waals surface area contributed by atoms with Crippen LogP contribution in [0.25, 0.3) is 0 Å². The number of nitrogens with one attached hydrogen (secondary N) is 1. The van der Waals surface area contributed by atoms with Crippen LogP contribution in [0.3, 0.4) is 0 Å². The zero-order chi connectivity index (χ0) is 12.7. The molecule has 0 bridgehead atoms. The Labute approximate surface area is 104 Å². The quantitative estimate of drug-likeness (QED) is 0.764. The molecule has 0 saturated carbocycles. The molecule has 0 aliphatic rings. The highest BCUT2D eigenvalue weighted by molar-refractivity contribution is 5.20. The van der Waals surface area contributed by atoms with Crippen LogP contribution < -0.4 is 10.1 Å². The molecule has 0 fully saturated rings. The Morgan fingerprint density at radius 3 is 2.53 bits per heavy atom. The van der Waals surface area contributed by atoms with Crippen molar-refractivity contribution in [2.45, 2.75) is 38.8 Å². The van der Waals surface area contributed by atoms with Gasteiger partial charge in [0, 0.05) is 12.1 Å². The van der Waals surface area contributed by atoms with E-state index < -0.39 is 6.10 Å². The highest BCUT2D eigenvalue weighted by Gasteiger charge is 2.15. The van der Waals surface area contributed by atoms with E-state index in [1.807, 2.05) is 30.3 Å². The van der Waals surface area contributed by atoms with Crippen molar-refractivity contribution >= 4 is 0 Å². The molecule has 0 radical (unpaired) electrons. The van der Waals surface area contributed by atoms with Crippen LogP contribution in [0.5, 0.6) is 5.75 Å². The second kappa shape index (κ2) is 6.62. The molecule has 1 aromatic rings. The summed E-state index contributed by atoms with van der Waals surface area (Å²) in [7, 11) is 0. The lowest BCUT2D eigenvalue weighted by molar-refractivity contribution is 0.0985. The highest BCUT2D eigenvalue weighted by Crippen LogP contribution is 2.09. The fourth-order valence-electron chi connectivity index (χ4n) is 1.29. The summed E-state index contributed by atoms with van der Waals surface area (Å²) in [4.78, 5) is 0. The summed E-state index contributed by atoms with van der Waals surface area (Å²) in [5, 5.41) is 13.1. The number of rotatable bonds is 7. The maximum absolute atomic E-state index is 9.78. The van der Waals surface area contributed by atoms with Crippen molar-refractivity contribution in [1.82, 2.24) is 5.32 Å². The van der Waals surface area contributed by atoms with Gasteiger partial charge in [0.15, 0.2) is 0 Å². The summed E-state index contributed by atoms with van der Waals surface area (Å²) in [5.74, 6) is 0.793. The first-order chi connectivity index (χ1) is 8.03. The van der Waals surface area contributed by atoms with Crippen molar-refractivity contribution in [2.75, 3.05) is 13.2 Å². The van der Waals surface area contributed by atoms with E-state index in [1.54, 1.807) is 0 Å². The first-order valence-corrected chi connectivity index (χ1v) is 6.14. The number of para-hydroxylation sites is 1. The van der Waals surface area contributed by atoms with Gasteiger partial charge < -0.3 is 15.2 Å². The van der Waals surface area contributed by atoms with E-state index >= 15 is 0 Å². The number of aliphatic hydroxyl groups is 1. The molecule has 0 spiro atoms. The van der Waals surface area contributed by atoms with E-state index in [-0.39, 0.29) is 5.54 Å². The van der Waals surface area contributed by atoms with Crippen molar-refractivity contribution in [1.29, 1.82) is 0 Å². The van der Waals surface area contributed by atoms with Crippen LogP contribution in [-0.4, -0.2) is 29.9 Å². The Morgan fingerprint density at radius 1 is 1.29 bits per heavy atom. The summed E-state index contributed by atoms with van der Waals surface area (Å²) < 4.78 is 5.48. The van der Waals surface area contributed by atoms with Gasteiger partial charge in [-0.05, 0) is 32.4 Å². The molecule has 0 aliphatic carbocycles. The zero-order valence-electron chi connectivity index (χ0n) is 10.9. The number of benzene rings is 1. The van der Waals surface area contributed by atoms with E-state index in [1.165, 1.54) is 0 Å². The van der Waals surface area contributed by atoms with Crippen molar-refractivity contribution < 1.29 is 9.84 Å². The standard InChI is InChI=1S/C14H23NO2/c1-4-14(2,3)15-10-12(16)11-17-13-8-6-5-7-9-13/h5-9,12,15-16H,4,10-11H2,1-3H3. The molecule has 0 amide bonds. The Balaban J connectivity index is 2.24. The van der Waals surface area contributed by atoms with Crippen molar-refractivity contribution in [3.63, 3.8) is 0 Å². The van der Waals surface area contributed by atoms with Gasteiger partial charge in [-0.25, -0.2) is 0 Å². The van der Waals surface area contributed by atoms with Gasteiger partial charge in [0.25, 0.3) is 0 Å². The zero-order valence-corrected chi connectivity index (χ0v) is 10.9. The van der Waals surface area contributed by atoms with Crippen LogP contribution in [0, 0.1) is 0 Å². The molecule has 2 N–H and O–H groups in total. The van der Waals surface area contributed by atoms with Crippen LogP contribution in [0.2, 0.25) is 0 Å². The molecule has 3 nitrogen and oxygen atoms in total. The van der Waals surface area contributed by atoms with E-state index in [9.17, 15) is 5.11 Å². The average molecular weight is 237 g/mol. The molecular weight excluding hydrogens is 214 g/mol. The normalized spacial score (nSPS) is 13.4. The summed E-state index contributed by atoms with van der Waals surface area (Å²) in [6.45, 7) is 7.24. The second-order valence-electron chi connectivity index (χ2n) is 4.90. The van der Waals surface area contributed by atoms with Gasteiger partial charge in [0.1, 0.15) is 18.5 Å². The van der Waals surface area contributed by atoms with Crippen molar-refractivity contribution in [3.05, 3.63) is 30.3 Å². The summed E-state index contributed by atoms with van der Waals surface area (Å²) in [6, 6.07) is 9.54. The number of ether oxygens (including phenoxy) is 1. The fourth-order valence-corrected chi connectivity index (χ4v) is 1.29. The maximum Gasteiger partial charge on any atom is 0.119 e. The number of aliphatic hydroxyl groups excluding tert-OH is 1. The van der Waals surface area contributed by atoms with Gasteiger partial charge >= 0.3 is 0 Å². The molecule has 17 heavy (non-hydrogen) atoms. The Bertz CT molecular complexity index is 311. The minimum Gasteiger partial charge on any atom is -0.491 e. The maximum atomic E-state index is 9.78. The summed E-state index contributed by atoms with van der Waals surface area (Å²) >= 11 is 0. The smallest absolute Gasteiger partial charge is 0.119 e. The van der Waals surface area contributed by atoms with Crippen LogP contribution in [0.15, 0.2) is 30.3 Å². The molecule has 1 atom stereocenters. The predicted octanol–water partition coefficient (Wildman–Crippen LogP) is 2.20. The van der Waals surface area contributed by atoms with Gasteiger partial charge in [0.2, 0.25) is 0 Å². The van der Waals surface area contributed by atoms with Crippen LogP contribution in [0.1, 0.15) is 27.2 Å². The van der Waals surface area contributed by atoms with E-state index in [2.05, 4.69) is 26.1 Å². The third kappa shape index (κ3) is 5.71. The number of hydrogen-bond acceptors (Lipinski definition) is 3. The molecule has 0 saturated heterocycles. The molecule has 96 valence electrons. The van der Waals surface area contributed by atoms with Gasteiger partial charge in [-0.2, -0.15) is 0 Å². The number of β-amino-alcohol motifs (C(OH)–C–C–N with tert-alkyl or cyclic N) is 1. The van der Waals surface area contributed by atoms with E-state index in [0.29, 0.717) is 13.2 Å². The molecule has 0 aromatic heterocycles. The summed E-state index contributed by atoms with van der Waals surface area (Å²) in [5.41, 5.74) is 0.0632. The molecule has 1 aromatic carbocycles. The van der Waals surface area contributed by atoms with E-state index in [4.69, 9.17) is 4.74 Å². The topological polar surface area (TPSA) is 41.5 Å². The van der Waals surface area contributed by atoms with Crippen LogP contribution >= 0.6 is 0 Å². The molecule has 0 aliphatic heterocycles. The SMILES string of the molecule is CCC(C)(C)NCC(O)COc1ccccc1. The average Bonchev–Trinajstić information content (AvgIpc) is 2.35. The third-order valence-electron chi connectivity index (χ3n) is 2.89. The minimum atomic E-state index is -0.485. The molecular formula is C14H23NO2. The van der Waals surface area contributed by atoms with Gasteiger partial charge in [-0.3, -0.25) is 0 Å². The lowest BCUT2D eigenvalue weighted by Gasteiger charge is -2.26. The Morgan fingerprint density at radius 2 is 1.94 bits per heavy atom. The van der Waals surface area contributed by atoms with Crippen molar-refractivity contribution in [3.8, 4) is 5.75 Å². The Hall–Kier alpha value is -1.06. The van der Waals surface area contributed by atoms with E-state index in [0.717, 1.165) is 12.2 Å². The van der Waals surface area contributed by atoms with Gasteiger partial charge in [0.05, 0.1) is 0 Å². The Kier molecular flexibility index (Phi) is 5.45. The van der Waals surface area contributed by atoms with Gasteiger partial charge in [-0.15, -0.1) is 0 Å². The minimum absolute atomic E-state index is 0.0632. The molecule has 1 rings (SSSR count). The van der Waals surface area contributed by atoms with Crippen LogP contribution in [0.4, 0.5) is 0 Å². The summed E-state index contributed by atoms with van der Waals surface area (Å²) in [6.07, 6.45) is 0.542. The molecule has 1 unspecified atom stereocenters. The molecule has 3 heteroatoms. The lowest BCUT2D eigenvalue weighted by atomic mass is 10.0. The monoisotopic (exact) mass is 237 g/mol. The largest absolute Gasteiger partial charge is 0.491 e. The third-order valence-corrected chi connectivity index (χ3v) is 2.89.